The molecule has 2 N–H and O–H groups in total. The van der Waals surface area contributed by atoms with E-state index < -0.39 is 17.8 Å². The summed E-state index contributed by atoms with van der Waals surface area (Å²) in [7, 11) is 0. The number of benzene rings is 2. The number of hydrogen-bond donors (Lipinski definition) is 2. The fourth-order valence-corrected chi connectivity index (χ4v) is 3.35. The first kappa shape index (κ1) is 21.5. The normalized spacial score (nSPS) is 14.4. The monoisotopic (exact) mass is 379 g/mol. The lowest BCUT2D eigenvalue weighted by molar-refractivity contribution is -0.138. The van der Waals surface area contributed by atoms with Crippen LogP contribution in [0.25, 0.3) is 0 Å². The molecule has 0 bridgehead atoms. The van der Waals surface area contributed by atoms with Crippen LogP contribution in [-0.2, 0) is 12.6 Å². The van der Waals surface area contributed by atoms with Gasteiger partial charge in [-0.1, -0.05) is 56.3 Å². The lowest BCUT2D eigenvalue weighted by Gasteiger charge is -2.25. The molecule has 2 nitrogen and oxygen atoms in total. The molecule has 0 aliphatic carbocycles. The van der Waals surface area contributed by atoms with E-state index in [1.54, 1.807) is 6.07 Å². The van der Waals surface area contributed by atoms with Gasteiger partial charge in [0, 0.05) is 19.0 Å². The zero-order valence-corrected chi connectivity index (χ0v) is 16.1. The third-order valence-corrected chi connectivity index (χ3v) is 4.65. The van der Waals surface area contributed by atoms with Crippen LogP contribution in [0, 0.1) is 12.8 Å². The van der Waals surface area contributed by atoms with Crippen molar-refractivity contribution in [3.8, 4) is 0 Å². The lowest BCUT2D eigenvalue weighted by Crippen LogP contribution is -2.33. The van der Waals surface area contributed by atoms with Crippen molar-refractivity contribution in [1.82, 2.24) is 5.32 Å². The van der Waals surface area contributed by atoms with Crippen LogP contribution in [0.5, 0.6) is 0 Å². The molecule has 2 atom stereocenters. The summed E-state index contributed by atoms with van der Waals surface area (Å²) in [5.74, 6) is 0.449. The highest BCUT2D eigenvalue weighted by Gasteiger charge is 2.33. The minimum absolute atomic E-state index is 0.0369. The van der Waals surface area contributed by atoms with Crippen molar-refractivity contribution in [2.75, 3.05) is 6.54 Å². The Kier molecular flexibility index (Phi) is 7.45. The van der Waals surface area contributed by atoms with Gasteiger partial charge in [-0.3, -0.25) is 0 Å². The zero-order valence-electron chi connectivity index (χ0n) is 16.1. The Morgan fingerprint density at radius 2 is 1.63 bits per heavy atom. The van der Waals surface area contributed by atoms with Gasteiger partial charge in [-0.25, -0.2) is 0 Å². The second kappa shape index (κ2) is 9.38. The van der Waals surface area contributed by atoms with Crippen molar-refractivity contribution < 1.29 is 18.3 Å². The topological polar surface area (TPSA) is 32.3 Å². The number of aryl methyl sites for hydroxylation is 1. The fourth-order valence-electron chi connectivity index (χ4n) is 3.35. The summed E-state index contributed by atoms with van der Waals surface area (Å²) < 4.78 is 39.4. The number of aliphatic hydroxyl groups is 1. The average molecular weight is 379 g/mol. The number of halogens is 3. The molecule has 27 heavy (non-hydrogen) atoms. The third-order valence-electron chi connectivity index (χ3n) is 4.65. The number of aliphatic hydroxyl groups excluding tert-OH is 1. The summed E-state index contributed by atoms with van der Waals surface area (Å²) in [6.07, 6.45) is -4.46. The van der Waals surface area contributed by atoms with E-state index in [0.29, 0.717) is 5.92 Å². The molecule has 2 aromatic carbocycles. The number of alkyl halides is 3. The molecule has 0 spiro atoms. The Hall–Kier alpha value is -1.85. The Bertz CT molecular complexity index is 727. The predicted molar refractivity (Wildman–Crippen MR) is 103 cm³/mol. The van der Waals surface area contributed by atoms with E-state index in [9.17, 15) is 18.3 Å². The van der Waals surface area contributed by atoms with Crippen LogP contribution in [0.4, 0.5) is 13.2 Å². The van der Waals surface area contributed by atoms with Crippen molar-refractivity contribution in [3.05, 3.63) is 70.8 Å². The van der Waals surface area contributed by atoms with Crippen LogP contribution in [0.3, 0.4) is 0 Å². The van der Waals surface area contributed by atoms with Crippen LogP contribution in [0.1, 0.15) is 48.6 Å². The zero-order chi connectivity index (χ0) is 20.0. The molecular formula is C22H28F3NO. The minimum atomic E-state index is -4.41. The smallest absolute Gasteiger partial charge is 0.391 e. The second-order valence-corrected chi connectivity index (χ2v) is 7.46. The average Bonchev–Trinajstić information content (AvgIpc) is 2.58. The molecule has 5 heteroatoms. The van der Waals surface area contributed by atoms with Gasteiger partial charge in [-0.2, -0.15) is 13.2 Å². The van der Waals surface area contributed by atoms with E-state index in [-0.39, 0.29) is 24.6 Å². The van der Waals surface area contributed by atoms with Crippen LogP contribution in [0.15, 0.2) is 48.5 Å². The van der Waals surface area contributed by atoms with Gasteiger partial charge in [0.15, 0.2) is 0 Å². The molecule has 0 fully saturated rings. The Morgan fingerprint density at radius 1 is 1.00 bits per heavy atom. The SMILES string of the molecule is Cc1ccccc1C(CC(C)C)NCC(O)Cc1ccccc1C(F)(F)F. The molecule has 0 saturated carbocycles. The Morgan fingerprint density at radius 3 is 2.26 bits per heavy atom. The quantitative estimate of drug-likeness (QED) is 0.653. The van der Waals surface area contributed by atoms with Crippen molar-refractivity contribution in [2.45, 2.75) is 51.9 Å². The summed E-state index contributed by atoms with van der Waals surface area (Å²) in [5, 5.41) is 13.7. The molecule has 2 rings (SSSR count). The van der Waals surface area contributed by atoms with Gasteiger partial charge in [0.05, 0.1) is 11.7 Å². The van der Waals surface area contributed by atoms with Crippen molar-refractivity contribution in [3.63, 3.8) is 0 Å². The fraction of sp³-hybridized carbons (Fsp3) is 0.455. The van der Waals surface area contributed by atoms with E-state index in [2.05, 4.69) is 25.2 Å². The molecule has 2 aromatic rings. The van der Waals surface area contributed by atoms with E-state index in [0.717, 1.165) is 23.6 Å². The highest BCUT2D eigenvalue weighted by Crippen LogP contribution is 2.32. The molecule has 0 aromatic heterocycles. The van der Waals surface area contributed by atoms with E-state index in [1.165, 1.54) is 12.1 Å². The molecule has 0 aliphatic heterocycles. The molecule has 0 heterocycles. The van der Waals surface area contributed by atoms with Crippen molar-refractivity contribution in [2.24, 2.45) is 5.92 Å². The van der Waals surface area contributed by atoms with Gasteiger partial charge < -0.3 is 10.4 Å². The standard InChI is InChI=1S/C22H28F3NO/c1-15(2)12-21(19-10-6-4-8-16(19)3)26-14-18(27)13-17-9-5-7-11-20(17)22(23,24)25/h4-11,15,18,21,26-27H,12-14H2,1-3H3. The summed E-state index contributed by atoms with van der Waals surface area (Å²) >= 11 is 0. The lowest BCUT2D eigenvalue weighted by atomic mass is 9.93. The van der Waals surface area contributed by atoms with E-state index >= 15 is 0 Å². The summed E-state index contributed by atoms with van der Waals surface area (Å²) in [6.45, 7) is 6.53. The second-order valence-electron chi connectivity index (χ2n) is 7.46. The molecule has 148 valence electrons. The highest BCUT2D eigenvalue weighted by atomic mass is 19.4. The molecule has 0 radical (unpaired) electrons. The number of hydrogen-bond acceptors (Lipinski definition) is 2. The van der Waals surface area contributed by atoms with E-state index in [1.807, 2.05) is 25.1 Å². The first-order valence-electron chi connectivity index (χ1n) is 9.30. The first-order valence-corrected chi connectivity index (χ1v) is 9.30. The minimum Gasteiger partial charge on any atom is -0.391 e. The maximum atomic E-state index is 13.1. The van der Waals surface area contributed by atoms with Crippen LogP contribution in [-0.4, -0.2) is 17.8 Å². The maximum absolute atomic E-state index is 13.1. The molecule has 0 amide bonds. The van der Waals surface area contributed by atoms with Gasteiger partial charge in [0.25, 0.3) is 0 Å². The first-order chi connectivity index (χ1) is 12.7. The molecule has 0 saturated heterocycles. The van der Waals surface area contributed by atoms with Crippen LogP contribution in [0.2, 0.25) is 0 Å². The van der Waals surface area contributed by atoms with Gasteiger partial charge in [-0.05, 0) is 42.0 Å². The summed E-state index contributed by atoms with van der Waals surface area (Å²) in [5.41, 5.74) is 1.76. The van der Waals surface area contributed by atoms with Gasteiger partial charge in [0.1, 0.15) is 0 Å². The molecule has 0 aliphatic rings. The summed E-state index contributed by atoms with van der Waals surface area (Å²) in [6, 6.07) is 13.5. The van der Waals surface area contributed by atoms with E-state index in [4.69, 9.17) is 0 Å². The number of rotatable bonds is 8. The number of nitrogens with one attached hydrogen (secondary N) is 1. The third kappa shape index (κ3) is 6.36. The Balaban J connectivity index is 2.06. The molecular weight excluding hydrogens is 351 g/mol. The van der Waals surface area contributed by atoms with Crippen LogP contribution < -0.4 is 5.32 Å². The van der Waals surface area contributed by atoms with Crippen molar-refractivity contribution in [1.29, 1.82) is 0 Å². The largest absolute Gasteiger partial charge is 0.416 e. The highest BCUT2D eigenvalue weighted by molar-refractivity contribution is 5.31. The maximum Gasteiger partial charge on any atom is 0.416 e. The Labute approximate surface area is 159 Å². The summed E-state index contributed by atoms with van der Waals surface area (Å²) in [4.78, 5) is 0. The van der Waals surface area contributed by atoms with Crippen LogP contribution >= 0.6 is 0 Å². The van der Waals surface area contributed by atoms with Gasteiger partial charge in [0.2, 0.25) is 0 Å². The molecule has 2 unspecified atom stereocenters. The van der Waals surface area contributed by atoms with Crippen molar-refractivity contribution >= 4 is 0 Å². The van der Waals surface area contributed by atoms with Gasteiger partial charge >= 0.3 is 6.18 Å². The van der Waals surface area contributed by atoms with Gasteiger partial charge in [-0.15, -0.1) is 0 Å². The predicted octanol–water partition coefficient (Wildman–Crippen LogP) is 5.29.